The summed E-state index contributed by atoms with van der Waals surface area (Å²) in [5, 5.41) is 3.20. The predicted octanol–water partition coefficient (Wildman–Crippen LogP) is 2.69. The van der Waals surface area contributed by atoms with Crippen LogP contribution in [0.25, 0.3) is 9.88 Å². The molecule has 1 fully saturated rings. The van der Waals surface area contributed by atoms with E-state index in [2.05, 4.69) is 15.3 Å². The maximum Gasteiger partial charge on any atom is 0.135 e. The minimum absolute atomic E-state index is 0.0268. The third-order valence-electron chi connectivity index (χ3n) is 3.08. The van der Waals surface area contributed by atoms with Gasteiger partial charge in [-0.3, -0.25) is 4.98 Å². The number of aromatic nitrogens is 2. The standard InChI is InChI=1S/C11H13N3S2/c12-11(2-1-3-11)4-8-6-15-10(14-8)9-5-13-7-16-9/h5-7H,1-4,12H2. The molecule has 2 N–H and O–H groups in total. The van der Waals surface area contributed by atoms with Gasteiger partial charge >= 0.3 is 0 Å². The van der Waals surface area contributed by atoms with Crippen molar-refractivity contribution in [1.82, 2.24) is 9.97 Å². The monoisotopic (exact) mass is 251 g/mol. The maximum atomic E-state index is 6.22. The van der Waals surface area contributed by atoms with Crippen molar-refractivity contribution in [3.63, 3.8) is 0 Å². The molecule has 2 heterocycles. The second-order valence-corrected chi connectivity index (χ2v) is 6.15. The SMILES string of the molecule is NC1(Cc2csc(-c3cncs3)n2)CCC1. The lowest BCUT2D eigenvalue weighted by molar-refractivity contribution is 0.246. The molecule has 3 rings (SSSR count). The van der Waals surface area contributed by atoms with Crippen molar-refractivity contribution in [2.75, 3.05) is 0 Å². The minimum Gasteiger partial charge on any atom is -0.325 e. The van der Waals surface area contributed by atoms with Gasteiger partial charge in [0.2, 0.25) is 0 Å². The van der Waals surface area contributed by atoms with Crippen LogP contribution in [0.2, 0.25) is 0 Å². The summed E-state index contributed by atoms with van der Waals surface area (Å²) in [5.41, 5.74) is 9.22. The molecule has 5 heteroatoms. The van der Waals surface area contributed by atoms with Crippen LogP contribution in [-0.2, 0) is 6.42 Å². The third kappa shape index (κ3) is 1.90. The molecule has 0 aromatic carbocycles. The number of thiazole rings is 2. The van der Waals surface area contributed by atoms with E-state index in [9.17, 15) is 0 Å². The average Bonchev–Trinajstić information content (AvgIpc) is 2.83. The highest BCUT2D eigenvalue weighted by molar-refractivity contribution is 7.19. The van der Waals surface area contributed by atoms with Gasteiger partial charge in [-0.1, -0.05) is 0 Å². The van der Waals surface area contributed by atoms with Crippen molar-refractivity contribution in [2.24, 2.45) is 5.73 Å². The van der Waals surface area contributed by atoms with Gasteiger partial charge in [-0.25, -0.2) is 4.98 Å². The quantitative estimate of drug-likeness (QED) is 0.912. The Hall–Kier alpha value is -0.780. The van der Waals surface area contributed by atoms with E-state index in [1.165, 1.54) is 6.42 Å². The Morgan fingerprint density at radius 2 is 2.25 bits per heavy atom. The van der Waals surface area contributed by atoms with Gasteiger partial charge in [0, 0.05) is 23.5 Å². The van der Waals surface area contributed by atoms with Gasteiger partial charge in [0.05, 0.1) is 16.1 Å². The number of hydrogen-bond acceptors (Lipinski definition) is 5. The van der Waals surface area contributed by atoms with Crippen LogP contribution in [0, 0.1) is 0 Å². The zero-order valence-electron chi connectivity index (χ0n) is 8.85. The molecule has 0 bridgehead atoms. The summed E-state index contributed by atoms with van der Waals surface area (Å²) in [4.78, 5) is 9.85. The molecule has 2 aromatic rings. The predicted molar refractivity (Wildman–Crippen MR) is 67.7 cm³/mol. The Labute approximate surface area is 102 Å². The Bertz CT molecular complexity index is 471. The number of nitrogens with zero attached hydrogens (tertiary/aromatic N) is 2. The van der Waals surface area contributed by atoms with Crippen LogP contribution in [0.15, 0.2) is 17.1 Å². The van der Waals surface area contributed by atoms with Crippen LogP contribution >= 0.6 is 22.7 Å². The molecule has 0 aliphatic heterocycles. The number of nitrogens with two attached hydrogens (primary N) is 1. The topological polar surface area (TPSA) is 51.8 Å². The van der Waals surface area contributed by atoms with E-state index >= 15 is 0 Å². The normalized spacial score (nSPS) is 18.3. The molecule has 1 aliphatic carbocycles. The van der Waals surface area contributed by atoms with Gasteiger partial charge in [-0.05, 0) is 19.3 Å². The van der Waals surface area contributed by atoms with Crippen molar-refractivity contribution in [1.29, 1.82) is 0 Å². The van der Waals surface area contributed by atoms with Crippen LogP contribution < -0.4 is 5.73 Å². The lowest BCUT2D eigenvalue weighted by Crippen LogP contribution is -2.48. The summed E-state index contributed by atoms with van der Waals surface area (Å²) in [5.74, 6) is 0. The molecule has 0 amide bonds. The minimum atomic E-state index is 0.0268. The fourth-order valence-electron chi connectivity index (χ4n) is 1.99. The zero-order chi connectivity index (χ0) is 11.0. The molecule has 3 nitrogen and oxygen atoms in total. The van der Waals surface area contributed by atoms with Crippen LogP contribution in [0.5, 0.6) is 0 Å². The summed E-state index contributed by atoms with van der Waals surface area (Å²) in [6.45, 7) is 0. The Morgan fingerprint density at radius 1 is 1.38 bits per heavy atom. The van der Waals surface area contributed by atoms with E-state index in [0.717, 1.165) is 34.8 Å². The maximum absolute atomic E-state index is 6.22. The first-order valence-corrected chi connectivity index (χ1v) is 7.13. The number of hydrogen-bond donors (Lipinski definition) is 1. The highest BCUT2D eigenvalue weighted by Gasteiger charge is 2.33. The van der Waals surface area contributed by atoms with Gasteiger partial charge in [0.15, 0.2) is 0 Å². The molecule has 0 spiro atoms. The molecule has 0 unspecified atom stereocenters. The highest BCUT2D eigenvalue weighted by atomic mass is 32.1. The first kappa shape index (κ1) is 10.4. The highest BCUT2D eigenvalue weighted by Crippen LogP contribution is 2.34. The van der Waals surface area contributed by atoms with Gasteiger partial charge in [-0.2, -0.15) is 0 Å². The summed E-state index contributed by atoms with van der Waals surface area (Å²) >= 11 is 3.32. The Morgan fingerprint density at radius 3 is 2.88 bits per heavy atom. The van der Waals surface area contributed by atoms with Crippen LogP contribution in [0.3, 0.4) is 0 Å². The zero-order valence-corrected chi connectivity index (χ0v) is 10.5. The molecule has 1 saturated carbocycles. The van der Waals surface area contributed by atoms with Crippen molar-refractivity contribution >= 4 is 22.7 Å². The van der Waals surface area contributed by atoms with Gasteiger partial charge in [0.25, 0.3) is 0 Å². The van der Waals surface area contributed by atoms with E-state index in [-0.39, 0.29) is 5.54 Å². The second kappa shape index (κ2) is 3.91. The molecule has 0 saturated heterocycles. The lowest BCUT2D eigenvalue weighted by atomic mass is 9.75. The summed E-state index contributed by atoms with van der Waals surface area (Å²) < 4.78 is 0. The smallest absolute Gasteiger partial charge is 0.135 e. The molecular weight excluding hydrogens is 238 g/mol. The van der Waals surface area contributed by atoms with E-state index < -0.39 is 0 Å². The third-order valence-corrected chi connectivity index (χ3v) is 4.91. The molecule has 0 atom stereocenters. The second-order valence-electron chi connectivity index (χ2n) is 4.40. The van der Waals surface area contributed by atoms with E-state index in [4.69, 9.17) is 5.73 Å². The average molecular weight is 251 g/mol. The first-order valence-electron chi connectivity index (χ1n) is 5.37. The van der Waals surface area contributed by atoms with Crippen molar-refractivity contribution in [2.45, 2.75) is 31.2 Å². The fourth-order valence-corrected chi connectivity index (χ4v) is 3.51. The van der Waals surface area contributed by atoms with Crippen LogP contribution in [0.1, 0.15) is 25.0 Å². The first-order chi connectivity index (χ1) is 7.75. The number of rotatable bonds is 3. The Balaban J connectivity index is 1.78. The lowest BCUT2D eigenvalue weighted by Gasteiger charge is -2.37. The van der Waals surface area contributed by atoms with Crippen molar-refractivity contribution in [3.8, 4) is 9.88 Å². The molecule has 84 valence electrons. The van der Waals surface area contributed by atoms with Gasteiger partial charge in [-0.15, -0.1) is 22.7 Å². The Kier molecular flexibility index (Phi) is 2.53. The van der Waals surface area contributed by atoms with Crippen molar-refractivity contribution in [3.05, 3.63) is 22.8 Å². The summed E-state index contributed by atoms with van der Waals surface area (Å²) in [6, 6.07) is 0. The molecule has 16 heavy (non-hydrogen) atoms. The molecule has 0 radical (unpaired) electrons. The molecule has 1 aliphatic rings. The molecular formula is C11H13N3S2. The van der Waals surface area contributed by atoms with E-state index in [1.807, 2.05) is 11.7 Å². The van der Waals surface area contributed by atoms with Gasteiger partial charge < -0.3 is 5.73 Å². The van der Waals surface area contributed by atoms with E-state index in [1.54, 1.807) is 22.7 Å². The van der Waals surface area contributed by atoms with Crippen LogP contribution in [-0.4, -0.2) is 15.5 Å². The molecule has 2 aromatic heterocycles. The van der Waals surface area contributed by atoms with Crippen molar-refractivity contribution < 1.29 is 0 Å². The summed E-state index contributed by atoms with van der Waals surface area (Å²) in [6.07, 6.45) is 6.33. The fraction of sp³-hybridized carbons (Fsp3) is 0.455. The van der Waals surface area contributed by atoms with Gasteiger partial charge in [0.1, 0.15) is 5.01 Å². The summed E-state index contributed by atoms with van der Waals surface area (Å²) in [7, 11) is 0. The van der Waals surface area contributed by atoms with Crippen LogP contribution in [0.4, 0.5) is 0 Å². The van der Waals surface area contributed by atoms with E-state index in [0.29, 0.717) is 0 Å². The largest absolute Gasteiger partial charge is 0.325 e.